The van der Waals surface area contributed by atoms with Crippen LogP contribution in [0.5, 0.6) is 5.75 Å². The molecule has 150 valence electrons. The predicted molar refractivity (Wildman–Crippen MR) is 111 cm³/mol. The molecule has 0 unspecified atom stereocenters. The van der Waals surface area contributed by atoms with Crippen molar-refractivity contribution in [3.63, 3.8) is 0 Å². The van der Waals surface area contributed by atoms with Crippen LogP contribution in [0.4, 0.5) is 0 Å². The summed E-state index contributed by atoms with van der Waals surface area (Å²) in [6, 6.07) is 16.6. The number of hydrogen-bond acceptors (Lipinski definition) is 5. The summed E-state index contributed by atoms with van der Waals surface area (Å²) in [5, 5.41) is 1.77. The monoisotopic (exact) mass is 410 g/mol. The highest BCUT2D eigenvalue weighted by molar-refractivity contribution is 7.91. The van der Waals surface area contributed by atoms with Gasteiger partial charge in [-0.3, -0.25) is 9.78 Å². The Morgan fingerprint density at radius 3 is 2.34 bits per heavy atom. The van der Waals surface area contributed by atoms with Crippen molar-refractivity contribution in [2.75, 3.05) is 13.7 Å². The third kappa shape index (κ3) is 4.81. The van der Waals surface area contributed by atoms with Crippen LogP contribution in [0, 0.1) is 6.92 Å². The molecule has 3 rings (SSSR count). The van der Waals surface area contributed by atoms with Crippen LogP contribution >= 0.6 is 0 Å². The summed E-state index contributed by atoms with van der Waals surface area (Å²) in [4.78, 5) is 16.7. The number of ether oxygens (including phenoxy) is 1. The number of methoxy groups -OCH3 is 1. The first-order valence-electron chi connectivity index (χ1n) is 9.04. The predicted octanol–water partition coefficient (Wildman–Crippen LogP) is 3.34. The Morgan fingerprint density at radius 1 is 1.07 bits per heavy atom. The number of hydrogen-bond donors (Lipinski definition) is 1. The lowest BCUT2D eigenvalue weighted by atomic mass is 10.1. The largest absolute Gasteiger partial charge is 0.497 e. The van der Waals surface area contributed by atoms with Gasteiger partial charge in [-0.15, -0.1) is 0 Å². The molecule has 1 atom stereocenters. The van der Waals surface area contributed by atoms with Crippen LogP contribution < -0.4 is 10.1 Å². The van der Waals surface area contributed by atoms with Gasteiger partial charge < -0.3 is 10.1 Å². The summed E-state index contributed by atoms with van der Waals surface area (Å²) in [7, 11) is -2.26. The van der Waals surface area contributed by atoms with E-state index >= 15 is 0 Å². The van der Waals surface area contributed by atoms with Crippen molar-refractivity contribution in [2.24, 2.45) is 0 Å². The first-order valence-corrected chi connectivity index (χ1v) is 10.6. The molecule has 0 saturated carbocycles. The zero-order chi connectivity index (χ0) is 20.9. The number of carbonyl (C=O) groups excluding carboxylic acids is 1. The fourth-order valence-corrected chi connectivity index (χ4v) is 4.54. The number of sulfone groups is 1. The first-order chi connectivity index (χ1) is 13.9. The van der Waals surface area contributed by atoms with Crippen LogP contribution in [0.1, 0.15) is 26.7 Å². The lowest BCUT2D eigenvalue weighted by Crippen LogP contribution is -2.32. The number of nitrogens with one attached hydrogen (secondary N) is 1. The average molecular weight is 410 g/mol. The summed E-state index contributed by atoms with van der Waals surface area (Å²) in [5.41, 5.74) is 2.02. The van der Waals surface area contributed by atoms with Gasteiger partial charge in [0.05, 0.1) is 12.0 Å². The Hall–Kier alpha value is -3.19. The van der Waals surface area contributed by atoms with Crippen LogP contribution in [0.25, 0.3) is 0 Å². The van der Waals surface area contributed by atoms with Crippen LogP contribution in [-0.4, -0.2) is 33.0 Å². The molecule has 1 aromatic heterocycles. The highest BCUT2D eigenvalue weighted by atomic mass is 32.2. The Morgan fingerprint density at radius 2 is 1.76 bits per heavy atom. The Bertz CT molecular complexity index is 1060. The lowest BCUT2D eigenvalue weighted by Gasteiger charge is -2.19. The standard InChI is InChI=1S/C22H22N2O4S/c1-16-5-7-17(8-6-16)22(25)24-15-21(18-4-3-13-23-14-18)29(26,27)20-11-9-19(28-2)10-12-20/h3-14,21H,15H2,1-2H3,(H,24,25)/t21-/m0/s1. The van der Waals surface area contributed by atoms with Crippen LogP contribution in [0.2, 0.25) is 0 Å². The maximum absolute atomic E-state index is 13.3. The molecule has 0 bridgehead atoms. The number of nitrogens with zero attached hydrogens (tertiary/aromatic N) is 1. The summed E-state index contributed by atoms with van der Waals surface area (Å²) in [5.74, 6) is 0.235. The summed E-state index contributed by atoms with van der Waals surface area (Å²) in [6.07, 6.45) is 3.08. The van der Waals surface area contributed by atoms with E-state index in [9.17, 15) is 13.2 Å². The Balaban J connectivity index is 1.88. The molecular weight excluding hydrogens is 388 g/mol. The second kappa shape index (κ2) is 8.87. The molecule has 29 heavy (non-hydrogen) atoms. The van der Waals surface area contributed by atoms with E-state index in [4.69, 9.17) is 4.74 Å². The van der Waals surface area contributed by atoms with Gasteiger partial charge in [-0.05, 0) is 55.0 Å². The summed E-state index contributed by atoms with van der Waals surface area (Å²) < 4.78 is 31.7. The highest BCUT2D eigenvalue weighted by Crippen LogP contribution is 2.29. The van der Waals surface area contributed by atoms with E-state index in [2.05, 4.69) is 10.3 Å². The first kappa shape index (κ1) is 20.5. The normalized spacial score (nSPS) is 12.2. The van der Waals surface area contributed by atoms with Crippen molar-refractivity contribution in [2.45, 2.75) is 17.1 Å². The molecule has 3 aromatic rings. The number of aryl methyl sites for hydroxylation is 1. The van der Waals surface area contributed by atoms with Crippen molar-refractivity contribution in [3.05, 3.63) is 89.7 Å². The van der Waals surface area contributed by atoms with E-state index in [-0.39, 0.29) is 17.3 Å². The smallest absolute Gasteiger partial charge is 0.251 e. The third-order valence-corrected chi connectivity index (χ3v) is 6.70. The van der Waals surface area contributed by atoms with Gasteiger partial charge in [-0.2, -0.15) is 0 Å². The quantitative estimate of drug-likeness (QED) is 0.646. The second-order valence-corrected chi connectivity index (χ2v) is 8.70. The van der Waals surface area contributed by atoms with E-state index in [0.717, 1.165) is 5.56 Å². The van der Waals surface area contributed by atoms with Gasteiger partial charge in [0.25, 0.3) is 5.91 Å². The van der Waals surface area contributed by atoms with Gasteiger partial charge >= 0.3 is 0 Å². The van der Waals surface area contributed by atoms with Crippen molar-refractivity contribution in [1.82, 2.24) is 10.3 Å². The maximum Gasteiger partial charge on any atom is 0.251 e. The van der Waals surface area contributed by atoms with Crippen LogP contribution in [0.15, 0.2) is 78.0 Å². The average Bonchev–Trinajstić information content (AvgIpc) is 2.75. The molecule has 0 fully saturated rings. The van der Waals surface area contributed by atoms with Crippen molar-refractivity contribution in [3.8, 4) is 5.75 Å². The number of pyridine rings is 1. The lowest BCUT2D eigenvalue weighted by molar-refractivity contribution is 0.0953. The fourth-order valence-electron chi connectivity index (χ4n) is 2.90. The Labute approximate surface area is 170 Å². The van der Waals surface area contributed by atoms with Crippen molar-refractivity contribution in [1.29, 1.82) is 0 Å². The summed E-state index contributed by atoms with van der Waals surface area (Å²) in [6.45, 7) is 1.86. The molecule has 0 radical (unpaired) electrons. The van der Waals surface area contributed by atoms with E-state index in [1.807, 2.05) is 19.1 Å². The molecule has 0 aliphatic heterocycles. The number of carbonyl (C=O) groups is 1. The molecule has 0 aliphatic carbocycles. The molecule has 1 amide bonds. The molecular formula is C22H22N2O4S. The highest BCUT2D eigenvalue weighted by Gasteiger charge is 2.30. The van der Waals surface area contributed by atoms with Crippen molar-refractivity contribution < 1.29 is 17.9 Å². The van der Waals surface area contributed by atoms with Gasteiger partial charge in [-0.25, -0.2) is 8.42 Å². The number of benzene rings is 2. The van der Waals surface area contributed by atoms with Gasteiger partial charge in [0.15, 0.2) is 9.84 Å². The minimum absolute atomic E-state index is 0.0766. The molecule has 0 saturated heterocycles. The zero-order valence-corrected chi connectivity index (χ0v) is 17.0. The van der Waals surface area contributed by atoms with Crippen molar-refractivity contribution >= 4 is 15.7 Å². The molecule has 7 heteroatoms. The molecule has 1 heterocycles. The minimum Gasteiger partial charge on any atom is -0.497 e. The van der Waals surface area contributed by atoms with Gasteiger partial charge in [0.1, 0.15) is 11.0 Å². The Kier molecular flexibility index (Phi) is 6.29. The molecule has 0 spiro atoms. The number of amides is 1. The molecule has 2 aromatic carbocycles. The number of aromatic nitrogens is 1. The molecule has 0 aliphatic rings. The molecule has 1 N–H and O–H groups in total. The minimum atomic E-state index is -3.77. The van der Waals surface area contributed by atoms with Crippen LogP contribution in [-0.2, 0) is 9.84 Å². The SMILES string of the molecule is COc1ccc(S(=O)(=O)[C@@H](CNC(=O)c2ccc(C)cc2)c2cccnc2)cc1. The van der Waals surface area contributed by atoms with Gasteiger partial charge in [-0.1, -0.05) is 23.8 Å². The molecule has 6 nitrogen and oxygen atoms in total. The van der Waals surface area contributed by atoms with Crippen LogP contribution in [0.3, 0.4) is 0 Å². The van der Waals surface area contributed by atoms with E-state index in [0.29, 0.717) is 16.9 Å². The zero-order valence-electron chi connectivity index (χ0n) is 16.2. The van der Waals surface area contributed by atoms with Gasteiger partial charge in [0, 0.05) is 24.5 Å². The summed E-state index contributed by atoms with van der Waals surface area (Å²) >= 11 is 0. The second-order valence-electron chi connectivity index (χ2n) is 6.57. The third-order valence-electron chi connectivity index (χ3n) is 4.58. The van der Waals surface area contributed by atoms with Gasteiger partial charge in [0.2, 0.25) is 0 Å². The topological polar surface area (TPSA) is 85.4 Å². The van der Waals surface area contributed by atoms with E-state index < -0.39 is 15.1 Å². The number of rotatable bonds is 7. The van der Waals surface area contributed by atoms with E-state index in [1.54, 1.807) is 42.6 Å². The maximum atomic E-state index is 13.3. The fraction of sp³-hybridized carbons (Fsp3) is 0.182. The van der Waals surface area contributed by atoms with E-state index in [1.165, 1.54) is 25.4 Å².